The second-order valence-electron chi connectivity index (χ2n) is 4.83. The Balaban J connectivity index is 2.31. The molecule has 0 spiro atoms. The van der Waals surface area contributed by atoms with Gasteiger partial charge in [0.25, 0.3) is 0 Å². The molecule has 0 atom stereocenters. The van der Waals surface area contributed by atoms with Gasteiger partial charge in [0.15, 0.2) is 0 Å². The first-order chi connectivity index (χ1) is 7.66. The van der Waals surface area contributed by atoms with Gasteiger partial charge < -0.3 is 5.73 Å². The number of amides is 1. The first kappa shape index (κ1) is 11.2. The predicted molar refractivity (Wildman–Crippen MR) is 65.3 cm³/mol. The molecule has 0 unspecified atom stereocenters. The highest BCUT2D eigenvalue weighted by molar-refractivity contribution is 5.77. The molecule has 0 aliphatic heterocycles. The highest BCUT2D eigenvalue weighted by Gasteiger charge is 2.20. The molecule has 0 heterocycles. The van der Waals surface area contributed by atoms with Crippen LogP contribution in [0, 0.1) is 6.92 Å². The van der Waals surface area contributed by atoms with Crippen molar-refractivity contribution in [2.75, 3.05) is 0 Å². The fraction of sp³-hybridized carbons (Fsp3) is 0.500. The maximum atomic E-state index is 11.0. The van der Waals surface area contributed by atoms with E-state index in [0.29, 0.717) is 12.3 Å². The molecular weight excluding hydrogens is 198 g/mol. The van der Waals surface area contributed by atoms with E-state index in [2.05, 4.69) is 25.1 Å². The molecule has 0 saturated heterocycles. The van der Waals surface area contributed by atoms with Gasteiger partial charge in [0.2, 0.25) is 5.91 Å². The average Bonchev–Trinajstić information content (AvgIpc) is 2.73. The molecule has 2 N–H and O–H groups in total. The number of nitrogens with two attached hydrogens (primary N) is 1. The van der Waals surface area contributed by atoms with Crippen molar-refractivity contribution in [3.63, 3.8) is 0 Å². The van der Waals surface area contributed by atoms with E-state index in [9.17, 15) is 4.79 Å². The highest BCUT2D eigenvalue weighted by atomic mass is 16.1. The molecule has 1 aromatic carbocycles. The lowest BCUT2D eigenvalue weighted by atomic mass is 9.90. The van der Waals surface area contributed by atoms with Crippen LogP contribution in [0.2, 0.25) is 0 Å². The summed E-state index contributed by atoms with van der Waals surface area (Å²) in [4.78, 5) is 11.0. The summed E-state index contributed by atoms with van der Waals surface area (Å²) in [6.45, 7) is 2.10. The molecule has 2 rings (SSSR count). The highest BCUT2D eigenvalue weighted by Crippen LogP contribution is 2.36. The maximum Gasteiger partial charge on any atom is 0.221 e. The minimum Gasteiger partial charge on any atom is -0.369 e. The lowest BCUT2D eigenvalue weighted by molar-refractivity contribution is -0.117. The van der Waals surface area contributed by atoms with Gasteiger partial charge in [-0.25, -0.2) is 0 Å². The lowest BCUT2D eigenvalue weighted by Crippen LogP contribution is -2.15. The molecule has 1 aromatic rings. The standard InChI is InChI=1S/C14H19NO/c1-10-6-7-12(9-14(15)16)13(8-10)11-4-2-3-5-11/h6-8,11H,2-5,9H2,1H3,(H2,15,16). The molecule has 16 heavy (non-hydrogen) atoms. The van der Waals surface area contributed by atoms with Crippen molar-refractivity contribution in [1.82, 2.24) is 0 Å². The van der Waals surface area contributed by atoms with Gasteiger partial charge in [-0.3, -0.25) is 4.79 Å². The minimum atomic E-state index is -0.233. The van der Waals surface area contributed by atoms with Crippen LogP contribution in [0.5, 0.6) is 0 Å². The number of primary amides is 1. The quantitative estimate of drug-likeness (QED) is 0.831. The Labute approximate surface area is 96.8 Å². The van der Waals surface area contributed by atoms with Crippen molar-refractivity contribution in [2.45, 2.75) is 44.9 Å². The van der Waals surface area contributed by atoms with E-state index in [1.54, 1.807) is 0 Å². The van der Waals surface area contributed by atoms with Gasteiger partial charge in [-0.2, -0.15) is 0 Å². The van der Waals surface area contributed by atoms with Gasteiger partial charge >= 0.3 is 0 Å². The van der Waals surface area contributed by atoms with Crippen molar-refractivity contribution in [3.8, 4) is 0 Å². The summed E-state index contributed by atoms with van der Waals surface area (Å²) in [5.74, 6) is 0.414. The molecule has 0 bridgehead atoms. The van der Waals surface area contributed by atoms with E-state index >= 15 is 0 Å². The Morgan fingerprint density at radius 3 is 2.69 bits per heavy atom. The van der Waals surface area contributed by atoms with E-state index in [-0.39, 0.29) is 5.91 Å². The zero-order chi connectivity index (χ0) is 11.5. The van der Waals surface area contributed by atoms with Gasteiger partial charge in [-0.15, -0.1) is 0 Å². The summed E-state index contributed by atoms with van der Waals surface area (Å²) in [7, 11) is 0. The fourth-order valence-electron chi connectivity index (χ4n) is 2.68. The molecule has 86 valence electrons. The fourth-order valence-corrected chi connectivity index (χ4v) is 2.68. The van der Waals surface area contributed by atoms with Gasteiger partial charge in [-0.05, 0) is 36.8 Å². The summed E-state index contributed by atoms with van der Waals surface area (Å²) in [5, 5.41) is 0. The Morgan fingerprint density at radius 2 is 2.06 bits per heavy atom. The van der Waals surface area contributed by atoms with Gasteiger partial charge in [-0.1, -0.05) is 36.6 Å². The Morgan fingerprint density at radius 1 is 1.38 bits per heavy atom. The van der Waals surface area contributed by atoms with E-state index < -0.39 is 0 Å². The number of carbonyl (C=O) groups is 1. The van der Waals surface area contributed by atoms with Crippen LogP contribution in [0.3, 0.4) is 0 Å². The van der Waals surface area contributed by atoms with Crippen LogP contribution in [0.25, 0.3) is 0 Å². The molecule has 1 amide bonds. The molecule has 0 radical (unpaired) electrons. The number of hydrogen-bond donors (Lipinski definition) is 1. The second-order valence-corrected chi connectivity index (χ2v) is 4.83. The number of hydrogen-bond acceptors (Lipinski definition) is 1. The van der Waals surface area contributed by atoms with Gasteiger partial charge in [0, 0.05) is 0 Å². The Bertz CT molecular complexity index is 392. The molecule has 1 aliphatic rings. The summed E-state index contributed by atoms with van der Waals surface area (Å²) >= 11 is 0. The normalized spacial score (nSPS) is 16.6. The minimum absolute atomic E-state index is 0.233. The van der Waals surface area contributed by atoms with Crippen molar-refractivity contribution < 1.29 is 4.79 Å². The first-order valence-electron chi connectivity index (χ1n) is 6.04. The molecule has 1 aliphatic carbocycles. The van der Waals surface area contributed by atoms with Crippen LogP contribution >= 0.6 is 0 Å². The molecule has 1 fully saturated rings. The lowest BCUT2D eigenvalue weighted by Gasteiger charge is -2.15. The monoisotopic (exact) mass is 217 g/mol. The number of rotatable bonds is 3. The first-order valence-corrected chi connectivity index (χ1v) is 6.04. The van der Waals surface area contributed by atoms with E-state index in [4.69, 9.17) is 5.73 Å². The number of carbonyl (C=O) groups excluding carboxylic acids is 1. The van der Waals surface area contributed by atoms with Crippen molar-refractivity contribution in [2.24, 2.45) is 5.73 Å². The summed E-state index contributed by atoms with van der Waals surface area (Å²) in [5.41, 5.74) is 9.05. The molecular formula is C14H19NO. The number of benzene rings is 1. The summed E-state index contributed by atoms with van der Waals surface area (Å²) in [6, 6.07) is 6.36. The Kier molecular flexibility index (Phi) is 3.28. The van der Waals surface area contributed by atoms with Crippen LogP contribution in [0.1, 0.15) is 48.3 Å². The van der Waals surface area contributed by atoms with Crippen LogP contribution in [-0.2, 0) is 11.2 Å². The van der Waals surface area contributed by atoms with Gasteiger partial charge in [0.05, 0.1) is 6.42 Å². The SMILES string of the molecule is Cc1ccc(CC(N)=O)c(C2CCCC2)c1. The second kappa shape index (κ2) is 4.69. The molecule has 2 heteroatoms. The molecule has 2 nitrogen and oxygen atoms in total. The molecule has 1 saturated carbocycles. The largest absolute Gasteiger partial charge is 0.369 e. The third kappa shape index (κ3) is 2.43. The third-order valence-electron chi connectivity index (χ3n) is 3.46. The molecule has 0 aromatic heterocycles. The number of aryl methyl sites for hydroxylation is 1. The zero-order valence-corrected chi connectivity index (χ0v) is 9.83. The average molecular weight is 217 g/mol. The van der Waals surface area contributed by atoms with Crippen molar-refractivity contribution in [1.29, 1.82) is 0 Å². The van der Waals surface area contributed by atoms with E-state index in [1.165, 1.54) is 36.8 Å². The van der Waals surface area contributed by atoms with Crippen molar-refractivity contribution >= 4 is 5.91 Å². The van der Waals surface area contributed by atoms with E-state index in [0.717, 1.165) is 5.56 Å². The Hall–Kier alpha value is -1.31. The summed E-state index contributed by atoms with van der Waals surface area (Å²) < 4.78 is 0. The summed E-state index contributed by atoms with van der Waals surface area (Å²) in [6.07, 6.45) is 5.53. The topological polar surface area (TPSA) is 43.1 Å². The predicted octanol–water partition coefficient (Wildman–Crippen LogP) is 2.68. The smallest absolute Gasteiger partial charge is 0.221 e. The van der Waals surface area contributed by atoms with Crippen LogP contribution in [0.15, 0.2) is 18.2 Å². The third-order valence-corrected chi connectivity index (χ3v) is 3.46. The van der Waals surface area contributed by atoms with E-state index in [1.807, 2.05) is 0 Å². The van der Waals surface area contributed by atoms with Crippen LogP contribution < -0.4 is 5.73 Å². The van der Waals surface area contributed by atoms with Crippen LogP contribution in [-0.4, -0.2) is 5.91 Å². The zero-order valence-electron chi connectivity index (χ0n) is 9.83. The maximum absolute atomic E-state index is 11.0. The van der Waals surface area contributed by atoms with Gasteiger partial charge in [0.1, 0.15) is 0 Å². The van der Waals surface area contributed by atoms with Crippen LogP contribution in [0.4, 0.5) is 0 Å². The van der Waals surface area contributed by atoms with Crippen molar-refractivity contribution in [3.05, 3.63) is 34.9 Å².